The summed E-state index contributed by atoms with van der Waals surface area (Å²) in [6.07, 6.45) is 28.3. The van der Waals surface area contributed by atoms with Gasteiger partial charge >= 0.3 is 0 Å². The zero-order chi connectivity index (χ0) is 17.9. The van der Waals surface area contributed by atoms with E-state index in [1.54, 1.807) is 0 Å². The highest BCUT2D eigenvalue weighted by molar-refractivity contribution is 5.09. The van der Waals surface area contributed by atoms with Gasteiger partial charge in [-0.1, -0.05) is 93.2 Å². The van der Waals surface area contributed by atoms with Crippen molar-refractivity contribution in [2.45, 2.75) is 64.6 Å². The highest BCUT2D eigenvalue weighted by Gasteiger charge is 1.93. The van der Waals surface area contributed by atoms with Crippen molar-refractivity contribution in [2.75, 3.05) is 0 Å². The minimum absolute atomic E-state index is 0.324. The molecule has 24 heavy (non-hydrogen) atoms. The summed E-state index contributed by atoms with van der Waals surface area (Å²) >= 11 is 0. The number of hydrogen-bond acceptors (Lipinski definition) is 2. The van der Waals surface area contributed by atoms with Crippen LogP contribution in [-0.4, -0.2) is 22.4 Å². The van der Waals surface area contributed by atoms with E-state index in [1.165, 1.54) is 0 Å². The molecule has 0 aliphatic rings. The summed E-state index contributed by atoms with van der Waals surface area (Å²) in [6, 6.07) is 0. The normalized spacial score (nSPS) is 16.0. The van der Waals surface area contributed by atoms with E-state index < -0.39 is 6.10 Å². The number of aliphatic hydroxyl groups excluding tert-OH is 2. The Balaban J connectivity index is 3.76. The number of rotatable bonds is 13. The topological polar surface area (TPSA) is 40.5 Å². The summed E-state index contributed by atoms with van der Waals surface area (Å²) in [5, 5.41) is 19.2. The third-order valence-electron chi connectivity index (χ3n) is 3.24. The first kappa shape index (κ1) is 22.4. The molecule has 2 heteroatoms. The first-order valence-electron chi connectivity index (χ1n) is 9.03. The molecule has 0 rings (SSSR count). The second-order valence-corrected chi connectivity index (χ2v) is 5.61. The Morgan fingerprint density at radius 2 is 1.25 bits per heavy atom. The predicted octanol–water partition coefficient (Wildman–Crippen LogP) is 5.43. The summed E-state index contributed by atoms with van der Waals surface area (Å²) in [5.74, 6) is 0. The summed E-state index contributed by atoms with van der Waals surface area (Å²) in [5.41, 5.74) is 0. The standard InChI is InChI=1S/C22H34O2/c1-3-5-14-18-22(24)20-16-13-11-9-7-6-8-10-12-15-19-21(23)17-4-2/h5-7,10-16,19-24H,3-4,8-9,17-18H2,1-2H3/b7-6-,12-10-,13-11-,14-5-,19-15+,20-16+/t21-,22+/m1/s1. The van der Waals surface area contributed by atoms with E-state index in [1.807, 2.05) is 42.5 Å². The van der Waals surface area contributed by atoms with Crippen LogP contribution in [0, 0.1) is 0 Å². The van der Waals surface area contributed by atoms with Gasteiger partial charge in [0.2, 0.25) is 0 Å². The molecule has 0 fully saturated rings. The van der Waals surface area contributed by atoms with Gasteiger partial charge in [0.25, 0.3) is 0 Å². The second-order valence-electron chi connectivity index (χ2n) is 5.61. The van der Waals surface area contributed by atoms with E-state index in [2.05, 4.69) is 44.2 Å². The Hall–Kier alpha value is -1.64. The fraction of sp³-hybridized carbons (Fsp3) is 0.455. The molecule has 0 aliphatic carbocycles. The lowest BCUT2D eigenvalue weighted by Crippen LogP contribution is -1.99. The smallest absolute Gasteiger partial charge is 0.0758 e. The van der Waals surface area contributed by atoms with E-state index in [0.29, 0.717) is 6.42 Å². The molecule has 0 aromatic carbocycles. The highest BCUT2D eigenvalue weighted by Crippen LogP contribution is 1.99. The van der Waals surface area contributed by atoms with Crippen molar-refractivity contribution in [1.82, 2.24) is 0 Å². The molecule has 0 aromatic heterocycles. The molecule has 0 heterocycles. The van der Waals surface area contributed by atoms with Crippen molar-refractivity contribution in [1.29, 1.82) is 0 Å². The summed E-state index contributed by atoms with van der Waals surface area (Å²) in [7, 11) is 0. The number of allylic oxidation sites excluding steroid dienone is 9. The van der Waals surface area contributed by atoms with Gasteiger partial charge in [-0.25, -0.2) is 0 Å². The Labute approximate surface area is 148 Å². The SMILES string of the molecule is CC/C=C\C[C@H](O)/C=C/C=C\C/C=C\C/C=C\C=C\[C@H](O)CCC. The van der Waals surface area contributed by atoms with Crippen LogP contribution < -0.4 is 0 Å². The lowest BCUT2D eigenvalue weighted by molar-refractivity contribution is 0.211. The van der Waals surface area contributed by atoms with Crippen molar-refractivity contribution in [3.8, 4) is 0 Å². The molecule has 0 bridgehead atoms. The quantitative estimate of drug-likeness (QED) is 0.349. The Morgan fingerprint density at radius 1 is 0.667 bits per heavy atom. The molecular formula is C22H34O2. The van der Waals surface area contributed by atoms with Gasteiger partial charge in [-0.05, 0) is 32.1 Å². The molecule has 0 saturated heterocycles. The van der Waals surface area contributed by atoms with Crippen LogP contribution in [0.25, 0.3) is 0 Å². The number of aliphatic hydroxyl groups is 2. The van der Waals surface area contributed by atoms with E-state index >= 15 is 0 Å². The fourth-order valence-corrected chi connectivity index (χ4v) is 1.92. The summed E-state index contributed by atoms with van der Waals surface area (Å²) < 4.78 is 0. The van der Waals surface area contributed by atoms with Gasteiger partial charge in [-0.2, -0.15) is 0 Å². The first-order valence-corrected chi connectivity index (χ1v) is 9.03. The van der Waals surface area contributed by atoms with Gasteiger partial charge in [-0.3, -0.25) is 0 Å². The molecule has 2 nitrogen and oxygen atoms in total. The van der Waals surface area contributed by atoms with Crippen LogP contribution in [0.3, 0.4) is 0 Å². The van der Waals surface area contributed by atoms with Gasteiger partial charge in [0.15, 0.2) is 0 Å². The van der Waals surface area contributed by atoms with E-state index in [9.17, 15) is 10.2 Å². The molecular weight excluding hydrogens is 296 g/mol. The first-order chi connectivity index (χ1) is 11.7. The van der Waals surface area contributed by atoms with Gasteiger partial charge in [0, 0.05) is 0 Å². The lowest BCUT2D eigenvalue weighted by atomic mass is 10.2. The van der Waals surface area contributed by atoms with Crippen LogP contribution in [0.1, 0.15) is 52.4 Å². The highest BCUT2D eigenvalue weighted by atomic mass is 16.3. The van der Waals surface area contributed by atoms with E-state index in [4.69, 9.17) is 0 Å². The Morgan fingerprint density at radius 3 is 1.79 bits per heavy atom. The molecule has 0 spiro atoms. The van der Waals surface area contributed by atoms with Gasteiger partial charge < -0.3 is 10.2 Å². The summed E-state index contributed by atoms with van der Waals surface area (Å²) in [4.78, 5) is 0. The molecule has 2 atom stereocenters. The third-order valence-corrected chi connectivity index (χ3v) is 3.24. The molecule has 134 valence electrons. The minimum Gasteiger partial charge on any atom is -0.389 e. The fourth-order valence-electron chi connectivity index (χ4n) is 1.92. The third kappa shape index (κ3) is 16.7. The van der Waals surface area contributed by atoms with Crippen LogP contribution in [0.5, 0.6) is 0 Å². The van der Waals surface area contributed by atoms with Crippen LogP contribution in [0.2, 0.25) is 0 Å². The molecule has 0 amide bonds. The van der Waals surface area contributed by atoms with Crippen molar-refractivity contribution in [2.24, 2.45) is 0 Å². The Kier molecular flexibility index (Phi) is 16.5. The molecule has 0 unspecified atom stereocenters. The van der Waals surface area contributed by atoms with Crippen LogP contribution in [0.4, 0.5) is 0 Å². The van der Waals surface area contributed by atoms with Gasteiger partial charge in [-0.15, -0.1) is 0 Å². The predicted molar refractivity (Wildman–Crippen MR) is 106 cm³/mol. The van der Waals surface area contributed by atoms with Crippen LogP contribution in [-0.2, 0) is 0 Å². The van der Waals surface area contributed by atoms with Crippen molar-refractivity contribution >= 4 is 0 Å². The molecule has 2 N–H and O–H groups in total. The van der Waals surface area contributed by atoms with Crippen LogP contribution in [0.15, 0.2) is 72.9 Å². The molecule has 0 saturated carbocycles. The molecule has 0 aliphatic heterocycles. The molecule has 0 aromatic rings. The molecule has 0 radical (unpaired) electrons. The average molecular weight is 331 g/mol. The van der Waals surface area contributed by atoms with Gasteiger partial charge in [0.1, 0.15) is 0 Å². The monoisotopic (exact) mass is 330 g/mol. The minimum atomic E-state index is -0.401. The summed E-state index contributed by atoms with van der Waals surface area (Å²) in [6.45, 7) is 4.15. The van der Waals surface area contributed by atoms with Crippen molar-refractivity contribution in [3.05, 3.63) is 72.9 Å². The maximum atomic E-state index is 9.67. The maximum Gasteiger partial charge on any atom is 0.0758 e. The Bertz CT molecular complexity index is 439. The largest absolute Gasteiger partial charge is 0.389 e. The van der Waals surface area contributed by atoms with Crippen molar-refractivity contribution in [3.63, 3.8) is 0 Å². The average Bonchev–Trinajstić information content (AvgIpc) is 2.56. The van der Waals surface area contributed by atoms with E-state index in [0.717, 1.165) is 32.1 Å². The van der Waals surface area contributed by atoms with E-state index in [-0.39, 0.29) is 6.10 Å². The maximum absolute atomic E-state index is 9.67. The van der Waals surface area contributed by atoms with Crippen LogP contribution >= 0.6 is 0 Å². The zero-order valence-electron chi connectivity index (χ0n) is 15.2. The number of hydrogen-bond donors (Lipinski definition) is 2. The second kappa shape index (κ2) is 17.7. The van der Waals surface area contributed by atoms with Crippen molar-refractivity contribution < 1.29 is 10.2 Å². The lowest BCUT2D eigenvalue weighted by Gasteiger charge is -1.99. The van der Waals surface area contributed by atoms with Gasteiger partial charge in [0.05, 0.1) is 12.2 Å². The zero-order valence-corrected chi connectivity index (χ0v) is 15.2.